The fourth-order valence-corrected chi connectivity index (χ4v) is 3.36. The summed E-state index contributed by atoms with van der Waals surface area (Å²) in [5.41, 5.74) is 0. The predicted molar refractivity (Wildman–Crippen MR) is 68.7 cm³/mol. The molecular formula is C15H26O2. The van der Waals surface area contributed by atoms with Gasteiger partial charge >= 0.3 is 5.97 Å². The first-order chi connectivity index (χ1) is 8.38. The van der Waals surface area contributed by atoms with Crippen LogP contribution in [0, 0.1) is 11.8 Å². The van der Waals surface area contributed by atoms with E-state index in [1.165, 1.54) is 57.8 Å². The summed E-state index contributed by atoms with van der Waals surface area (Å²) in [6, 6.07) is 0. The molecule has 0 N–H and O–H groups in total. The molecule has 1 unspecified atom stereocenters. The molecule has 1 saturated heterocycles. The van der Waals surface area contributed by atoms with Crippen LogP contribution in [0.2, 0.25) is 0 Å². The van der Waals surface area contributed by atoms with Gasteiger partial charge in [0, 0.05) is 0 Å². The molecule has 2 heteroatoms. The summed E-state index contributed by atoms with van der Waals surface area (Å²) in [6.45, 7) is 0.655. The van der Waals surface area contributed by atoms with Crippen LogP contribution in [0.1, 0.15) is 70.6 Å². The molecule has 1 saturated carbocycles. The van der Waals surface area contributed by atoms with Crippen LogP contribution in [0.25, 0.3) is 0 Å². The molecule has 2 fully saturated rings. The van der Waals surface area contributed by atoms with Gasteiger partial charge in [0.2, 0.25) is 0 Å². The summed E-state index contributed by atoms with van der Waals surface area (Å²) < 4.78 is 5.46. The minimum absolute atomic E-state index is 0.110. The summed E-state index contributed by atoms with van der Waals surface area (Å²) >= 11 is 0. The molecule has 0 spiro atoms. The Bertz CT molecular complexity index is 231. The van der Waals surface area contributed by atoms with Gasteiger partial charge in [-0.2, -0.15) is 0 Å². The second-order valence-corrected chi connectivity index (χ2v) is 5.73. The predicted octanol–water partition coefficient (Wildman–Crippen LogP) is 4.08. The highest BCUT2D eigenvalue weighted by Crippen LogP contribution is 2.35. The molecule has 0 aromatic heterocycles. The summed E-state index contributed by atoms with van der Waals surface area (Å²) in [5.74, 6) is 0.956. The zero-order valence-corrected chi connectivity index (χ0v) is 11.0. The average Bonchev–Trinajstić information content (AvgIpc) is 2.83. The first-order valence-corrected chi connectivity index (χ1v) is 7.54. The third-order valence-electron chi connectivity index (χ3n) is 4.43. The lowest BCUT2D eigenvalue weighted by Crippen LogP contribution is -2.24. The second-order valence-electron chi connectivity index (χ2n) is 5.73. The maximum absolute atomic E-state index is 12.1. The number of hydrogen-bond acceptors (Lipinski definition) is 2. The van der Waals surface area contributed by atoms with E-state index < -0.39 is 0 Å². The van der Waals surface area contributed by atoms with E-state index in [4.69, 9.17) is 4.74 Å². The van der Waals surface area contributed by atoms with E-state index >= 15 is 0 Å². The summed E-state index contributed by atoms with van der Waals surface area (Å²) in [4.78, 5) is 12.1. The van der Waals surface area contributed by atoms with Gasteiger partial charge in [-0.1, -0.05) is 44.9 Å². The fourth-order valence-electron chi connectivity index (χ4n) is 3.36. The first kappa shape index (κ1) is 12.9. The molecule has 2 aliphatic rings. The van der Waals surface area contributed by atoms with E-state index in [-0.39, 0.29) is 11.9 Å². The van der Waals surface area contributed by atoms with Crippen molar-refractivity contribution >= 4 is 5.97 Å². The fraction of sp³-hybridized carbons (Fsp3) is 0.933. The van der Waals surface area contributed by atoms with Crippen molar-refractivity contribution in [1.82, 2.24) is 0 Å². The summed E-state index contributed by atoms with van der Waals surface area (Å²) in [6.07, 6.45) is 13.7. The van der Waals surface area contributed by atoms with E-state index in [9.17, 15) is 4.79 Å². The van der Waals surface area contributed by atoms with Crippen molar-refractivity contribution in [2.45, 2.75) is 70.6 Å². The van der Waals surface area contributed by atoms with Gasteiger partial charge in [-0.25, -0.2) is 0 Å². The topological polar surface area (TPSA) is 26.3 Å². The monoisotopic (exact) mass is 238 g/mol. The van der Waals surface area contributed by atoms with Crippen LogP contribution in [-0.4, -0.2) is 12.6 Å². The van der Waals surface area contributed by atoms with Crippen LogP contribution >= 0.6 is 0 Å². The Morgan fingerprint density at radius 3 is 2.12 bits per heavy atom. The van der Waals surface area contributed by atoms with Gasteiger partial charge in [0.05, 0.1) is 12.5 Å². The van der Waals surface area contributed by atoms with Gasteiger partial charge in [-0.15, -0.1) is 0 Å². The zero-order valence-electron chi connectivity index (χ0n) is 11.0. The van der Waals surface area contributed by atoms with Crippen molar-refractivity contribution in [2.75, 3.05) is 6.61 Å². The molecular weight excluding hydrogens is 212 g/mol. The zero-order chi connectivity index (χ0) is 11.9. The first-order valence-electron chi connectivity index (χ1n) is 7.54. The number of hydrogen-bond donors (Lipinski definition) is 0. The van der Waals surface area contributed by atoms with Crippen molar-refractivity contribution in [2.24, 2.45) is 11.8 Å². The Morgan fingerprint density at radius 1 is 0.765 bits per heavy atom. The van der Waals surface area contributed by atoms with Crippen LogP contribution in [0.3, 0.4) is 0 Å². The minimum atomic E-state index is 0.110. The van der Waals surface area contributed by atoms with Crippen LogP contribution in [0.4, 0.5) is 0 Å². The summed E-state index contributed by atoms with van der Waals surface area (Å²) in [7, 11) is 0. The standard InChI is InChI=1S/C15H26O2/c16-15-14(13-9-6-7-10-13)11-5-3-1-2-4-8-12-17-15/h13-14H,1-12H2. The lowest BCUT2D eigenvalue weighted by molar-refractivity contribution is -0.151. The Balaban J connectivity index is 1.90. The Hall–Kier alpha value is -0.530. The lowest BCUT2D eigenvalue weighted by Gasteiger charge is -2.21. The van der Waals surface area contributed by atoms with Gasteiger partial charge in [0.15, 0.2) is 0 Å². The SMILES string of the molecule is O=C1OCCCCCCCCC1C1CCCC1. The van der Waals surface area contributed by atoms with Crippen molar-refractivity contribution in [3.63, 3.8) is 0 Å². The summed E-state index contributed by atoms with van der Waals surface area (Å²) in [5, 5.41) is 0. The minimum Gasteiger partial charge on any atom is -0.465 e. The molecule has 0 aromatic rings. The molecule has 1 aliphatic heterocycles. The number of rotatable bonds is 1. The van der Waals surface area contributed by atoms with E-state index in [0.29, 0.717) is 12.5 Å². The van der Waals surface area contributed by atoms with Crippen molar-refractivity contribution in [3.05, 3.63) is 0 Å². The highest BCUT2D eigenvalue weighted by atomic mass is 16.5. The van der Waals surface area contributed by atoms with E-state index in [0.717, 1.165) is 12.8 Å². The lowest BCUT2D eigenvalue weighted by atomic mass is 9.86. The smallest absolute Gasteiger partial charge is 0.309 e. The van der Waals surface area contributed by atoms with E-state index in [2.05, 4.69) is 0 Å². The van der Waals surface area contributed by atoms with Gasteiger partial charge in [0.1, 0.15) is 0 Å². The number of carbonyl (C=O) groups excluding carboxylic acids is 1. The van der Waals surface area contributed by atoms with Gasteiger partial charge < -0.3 is 4.74 Å². The normalized spacial score (nSPS) is 29.6. The van der Waals surface area contributed by atoms with Gasteiger partial charge in [-0.3, -0.25) is 4.79 Å². The Kier molecular flexibility index (Phi) is 5.34. The molecule has 98 valence electrons. The van der Waals surface area contributed by atoms with E-state index in [1.54, 1.807) is 0 Å². The third kappa shape index (κ3) is 4.01. The van der Waals surface area contributed by atoms with Crippen LogP contribution in [-0.2, 0) is 9.53 Å². The number of cyclic esters (lactones) is 1. The molecule has 0 radical (unpaired) electrons. The highest BCUT2D eigenvalue weighted by Gasteiger charge is 2.31. The third-order valence-corrected chi connectivity index (χ3v) is 4.43. The van der Waals surface area contributed by atoms with Crippen molar-refractivity contribution in [3.8, 4) is 0 Å². The Morgan fingerprint density at radius 2 is 1.35 bits per heavy atom. The van der Waals surface area contributed by atoms with Crippen molar-refractivity contribution in [1.29, 1.82) is 0 Å². The largest absolute Gasteiger partial charge is 0.465 e. The molecule has 2 rings (SSSR count). The van der Waals surface area contributed by atoms with Crippen molar-refractivity contribution < 1.29 is 9.53 Å². The Labute approximate surface area is 105 Å². The quantitative estimate of drug-likeness (QED) is 0.643. The molecule has 17 heavy (non-hydrogen) atoms. The molecule has 2 nitrogen and oxygen atoms in total. The highest BCUT2D eigenvalue weighted by molar-refractivity contribution is 5.72. The number of esters is 1. The maximum atomic E-state index is 12.1. The average molecular weight is 238 g/mol. The number of ether oxygens (including phenoxy) is 1. The second kappa shape index (κ2) is 7.03. The van der Waals surface area contributed by atoms with Gasteiger partial charge in [0.25, 0.3) is 0 Å². The van der Waals surface area contributed by atoms with E-state index in [1.807, 2.05) is 0 Å². The molecule has 0 aromatic carbocycles. The van der Waals surface area contributed by atoms with Crippen LogP contribution < -0.4 is 0 Å². The maximum Gasteiger partial charge on any atom is 0.309 e. The van der Waals surface area contributed by atoms with Crippen LogP contribution in [0.15, 0.2) is 0 Å². The number of carbonyl (C=O) groups is 1. The molecule has 0 bridgehead atoms. The molecule has 1 aliphatic carbocycles. The van der Waals surface area contributed by atoms with Crippen LogP contribution in [0.5, 0.6) is 0 Å². The molecule has 1 atom stereocenters. The molecule has 0 amide bonds. The molecule has 1 heterocycles. The van der Waals surface area contributed by atoms with Gasteiger partial charge in [-0.05, 0) is 31.6 Å².